The third-order valence-corrected chi connectivity index (χ3v) is 23.5. The summed E-state index contributed by atoms with van der Waals surface area (Å²) in [6.45, 7) is 16.4. The molecule has 135 heavy (non-hydrogen) atoms. The molecule has 0 radical (unpaired) electrons. The standard InChI is InChI=1S/C27H31N5O2.C27H30N4O3.C26H33N5O3.C25H37N5O3/c1-3-4-13-30-26-16-25(23-10-6-12-24-22(23)11-7-14-29-24)31-27(32-26)19-8-5-9-21(15-19)34-18-20(33)17-28-2;1-3-19-6-4-7-20(14-19)25-16-26(29-22-10-12-33-13-11-22)31-27(30-25)21-8-5-9-24(15-21)34-18-23(32)17-28-2;1-18-13-19(7-10-28-18)24-15-25(31(3)21-8-11-33-12-9-21)30-26(29-24)20-5-4-6-23(14-20)34-17-22(32)16-27-2;1-18-24(29(3)20-10-13-32-16-20)27-23(28-25(18)30-11-5-4-6-12-30)19-8-7-9-22(14-19)33-17-21(31)15-26-2/h5-12,14-16,20,28,33H,3-4,13,17-18H2,1-2H3,(H,30,31,32);1,4-9,14-16,22-23,28,32H,10-13,17-18H2,2H3,(H,29,30,31);4-7,10,13-15,21-22,27,32H,8-9,11-12,16-17H2,1-3H3;7-9,14,20-21,26,31H,4-6,10-13,15-17H2,1-3H3/t;;;20-,21?/m...0/s1. The lowest BCUT2D eigenvalue weighted by Crippen LogP contribution is -2.37. The number of hydrogen-bond acceptors (Lipinski definition) is 30. The zero-order valence-corrected chi connectivity index (χ0v) is 79.1. The van der Waals surface area contributed by atoms with Crippen molar-refractivity contribution in [2.24, 2.45) is 0 Å². The molecule has 16 rings (SSSR count). The number of aliphatic hydroxyl groups is 4. The molecule has 4 unspecified atom stereocenters. The number of aryl methyl sites for hydroxylation is 1. The second kappa shape index (κ2) is 51.8. The maximum Gasteiger partial charge on any atom is 0.164 e. The SMILES string of the molecule is C#Cc1cccc(-c2cc(NC3CCOCC3)nc(-c3cccc(OCC(O)CNC)c3)n2)c1.CCCCNc1cc(-c2cccc3ncccc23)nc(-c2cccc(OCC(O)CNC)c2)n1.CNCC(O)COc1cccc(-c2nc(-c3ccnc(C)c3)cc(N(C)C3CCOCC3)n2)c1.CNCC(O)COc1cccc(-c2nc(N3CCCCC3)c(C)c(N(C)[C@H]3CCOC3)n2)c1. The lowest BCUT2D eigenvalue weighted by Gasteiger charge is -2.32. The van der Waals surface area contributed by atoms with Gasteiger partial charge in [0, 0.05) is 197 Å². The van der Waals surface area contributed by atoms with Crippen molar-refractivity contribution in [1.29, 1.82) is 0 Å². The average molecular weight is 1840 g/mol. The number of hydrogen-bond donors (Lipinski definition) is 10. The van der Waals surface area contributed by atoms with Crippen LogP contribution in [0.15, 0.2) is 194 Å². The van der Waals surface area contributed by atoms with Crippen LogP contribution >= 0.6 is 0 Å². The summed E-state index contributed by atoms with van der Waals surface area (Å²) >= 11 is 0. The smallest absolute Gasteiger partial charge is 0.164 e. The molecular weight excluding hydrogens is 1700 g/mol. The minimum absolute atomic E-state index is 0.195. The van der Waals surface area contributed by atoms with Crippen molar-refractivity contribution < 1.29 is 53.6 Å². The highest BCUT2D eigenvalue weighted by Gasteiger charge is 2.29. The number of aliphatic hydroxyl groups excluding tert-OH is 4. The Balaban J connectivity index is 0.000000152. The maximum absolute atomic E-state index is 9.98. The molecule has 0 saturated carbocycles. The molecule has 10 heterocycles. The first-order valence-corrected chi connectivity index (χ1v) is 47.0. The molecule has 0 spiro atoms. The van der Waals surface area contributed by atoms with Crippen molar-refractivity contribution in [3.8, 4) is 115 Å². The van der Waals surface area contributed by atoms with E-state index in [2.05, 4.69) is 103 Å². The number of pyridine rings is 2. The van der Waals surface area contributed by atoms with E-state index in [0.717, 1.165) is 217 Å². The zero-order valence-electron chi connectivity index (χ0n) is 79.1. The van der Waals surface area contributed by atoms with Gasteiger partial charge in [-0.05, 0) is 185 Å². The first-order chi connectivity index (χ1) is 65.9. The molecule has 4 aliphatic rings. The summed E-state index contributed by atoms with van der Waals surface area (Å²) in [5.74, 6) is 12.3. The monoisotopic (exact) mass is 1830 g/mol. The number of piperidine rings is 1. The van der Waals surface area contributed by atoms with Gasteiger partial charge in [-0.25, -0.2) is 39.9 Å². The van der Waals surface area contributed by atoms with Crippen LogP contribution in [-0.2, 0) is 14.2 Å². The molecule has 0 bridgehead atoms. The number of rotatable bonds is 38. The molecule has 4 saturated heterocycles. The Morgan fingerprint density at radius 1 is 0.467 bits per heavy atom. The van der Waals surface area contributed by atoms with E-state index < -0.39 is 24.4 Å². The van der Waals surface area contributed by atoms with Gasteiger partial charge in [-0.2, -0.15) is 0 Å². The zero-order chi connectivity index (χ0) is 94.6. The second-order valence-electron chi connectivity index (χ2n) is 34.1. The Bertz CT molecular complexity index is 5750. The van der Waals surface area contributed by atoms with Gasteiger partial charge in [0.1, 0.15) is 103 Å². The van der Waals surface area contributed by atoms with Crippen molar-refractivity contribution >= 4 is 40.0 Å². The van der Waals surface area contributed by atoms with Gasteiger partial charge in [-0.15, -0.1) is 6.42 Å². The third-order valence-electron chi connectivity index (χ3n) is 23.5. The summed E-state index contributed by atoms with van der Waals surface area (Å²) in [5.41, 5.74) is 12.6. The molecule has 712 valence electrons. The molecule has 12 aromatic rings. The molecular formula is C105H131N19O11. The van der Waals surface area contributed by atoms with Gasteiger partial charge in [-0.3, -0.25) is 9.97 Å². The highest BCUT2D eigenvalue weighted by Crippen LogP contribution is 2.38. The largest absolute Gasteiger partial charge is 0.491 e. The van der Waals surface area contributed by atoms with Crippen molar-refractivity contribution in [2.75, 3.05) is 180 Å². The summed E-state index contributed by atoms with van der Waals surface area (Å²) in [6, 6.07) is 59.6. The van der Waals surface area contributed by atoms with Gasteiger partial charge in [0.15, 0.2) is 23.3 Å². The number of aromatic nitrogens is 10. The van der Waals surface area contributed by atoms with Crippen LogP contribution in [0.1, 0.15) is 88.0 Å². The van der Waals surface area contributed by atoms with E-state index in [0.29, 0.717) is 90.6 Å². The van der Waals surface area contributed by atoms with E-state index >= 15 is 0 Å². The fourth-order valence-electron chi connectivity index (χ4n) is 16.2. The van der Waals surface area contributed by atoms with Gasteiger partial charge >= 0.3 is 0 Å². The van der Waals surface area contributed by atoms with Crippen molar-refractivity contribution in [3.05, 3.63) is 211 Å². The van der Waals surface area contributed by atoms with Gasteiger partial charge in [0.25, 0.3) is 0 Å². The maximum atomic E-state index is 9.98. The molecule has 30 nitrogen and oxygen atoms in total. The Labute approximate surface area is 793 Å². The number of anilines is 5. The first kappa shape index (κ1) is 100.0. The number of terminal acetylenes is 1. The Morgan fingerprint density at radius 3 is 1.50 bits per heavy atom. The highest BCUT2D eigenvalue weighted by atomic mass is 16.5. The Morgan fingerprint density at radius 2 is 0.956 bits per heavy atom. The van der Waals surface area contributed by atoms with Crippen LogP contribution in [0.4, 0.5) is 29.1 Å². The molecule has 6 aromatic carbocycles. The minimum atomic E-state index is -0.591. The number of ether oxygens (including phenoxy) is 7. The predicted octanol–water partition coefficient (Wildman–Crippen LogP) is 13.6. The van der Waals surface area contributed by atoms with Gasteiger partial charge in [0.05, 0.1) is 35.2 Å². The number of benzene rings is 6. The number of nitrogens with zero attached hydrogens (tertiary/aromatic N) is 13. The fourth-order valence-corrected chi connectivity index (χ4v) is 16.2. The van der Waals surface area contributed by atoms with Crippen LogP contribution in [-0.4, -0.2) is 267 Å². The first-order valence-electron chi connectivity index (χ1n) is 47.0. The van der Waals surface area contributed by atoms with Crippen LogP contribution in [0.3, 0.4) is 0 Å². The summed E-state index contributed by atoms with van der Waals surface area (Å²) in [4.78, 5) is 55.0. The molecule has 5 atom stereocenters. The average Bonchev–Trinajstić information content (AvgIpc) is 1.66. The number of fused-ring (bicyclic) bond motifs is 1. The minimum Gasteiger partial charge on any atom is -0.491 e. The molecule has 30 heteroatoms. The van der Waals surface area contributed by atoms with Crippen LogP contribution in [0.5, 0.6) is 23.0 Å². The fraction of sp³-hybridized carbons (Fsp3) is 0.410. The molecule has 10 N–H and O–H groups in total. The summed E-state index contributed by atoms with van der Waals surface area (Å²) in [6.07, 6.45) is 17.5. The molecule has 0 amide bonds. The lowest BCUT2D eigenvalue weighted by molar-refractivity contribution is 0.0853. The molecule has 0 aliphatic carbocycles. The molecule has 6 aromatic heterocycles. The van der Waals surface area contributed by atoms with Crippen molar-refractivity contribution in [2.45, 2.75) is 128 Å². The van der Waals surface area contributed by atoms with Crippen LogP contribution in [0, 0.1) is 26.2 Å². The van der Waals surface area contributed by atoms with E-state index in [4.69, 9.17) is 79.5 Å². The molecule has 4 fully saturated rings. The number of likely N-dealkylation sites (N-methyl/N-ethyl adjacent to an activating group) is 5. The van der Waals surface area contributed by atoms with Gasteiger partial charge in [-0.1, -0.05) is 98.1 Å². The lowest BCUT2D eigenvalue weighted by atomic mass is 10.0. The van der Waals surface area contributed by atoms with E-state index in [1.807, 2.05) is 184 Å². The van der Waals surface area contributed by atoms with Gasteiger partial charge in [0.2, 0.25) is 0 Å². The van der Waals surface area contributed by atoms with Crippen molar-refractivity contribution in [3.63, 3.8) is 0 Å². The normalized spacial score (nSPS) is 15.3. The van der Waals surface area contributed by atoms with Crippen LogP contribution < -0.4 is 65.5 Å². The Kier molecular flexibility index (Phi) is 38.4. The highest BCUT2D eigenvalue weighted by molar-refractivity contribution is 5.94. The summed E-state index contributed by atoms with van der Waals surface area (Å²) in [5, 5.41) is 59.7. The summed E-state index contributed by atoms with van der Waals surface area (Å²) in [7, 11) is 11.4. The Hall–Kier alpha value is -12.5. The van der Waals surface area contributed by atoms with Crippen LogP contribution in [0.25, 0.3) is 90.2 Å². The molecule has 4 aliphatic heterocycles. The predicted molar refractivity (Wildman–Crippen MR) is 535 cm³/mol. The van der Waals surface area contributed by atoms with E-state index in [1.165, 1.54) is 19.3 Å². The van der Waals surface area contributed by atoms with Crippen LogP contribution in [0.2, 0.25) is 0 Å². The van der Waals surface area contributed by atoms with Gasteiger partial charge < -0.3 is 100 Å². The third kappa shape index (κ3) is 29.5. The number of nitrogens with one attached hydrogen (secondary N) is 6. The van der Waals surface area contributed by atoms with E-state index in [9.17, 15) is 20.4 Å². The van der Waals surface area contributed by atoms with E-state index in [1.54, 1.807) is 33.5 Å². The quantitative estimate of drug-likeness (QED) is 0.0127. The summed E-state index contributed by atoms with van der Waals surface area (Å²) < 4.78 is 39.9. The van der Waals surface area contributed by atoms with Crippen molar-refractivity contribution in [1.82, 2.24) is 71.1 Å². The number of unbranched alkanes of at least 4 members (excludes halogenated alkanes) is 1. The second-order valence-corrected chi connectivity index (χ2v) is 34.1. The topological polar surface area (TPSA) is 356 Å². The van der Waals surface area contributed by atoms with E-state index in [-0.39, 0.29) is 26.4 Å².